The minimum atomic E-state index is -0.125. The van der Waals surface area contributed by atoms with Gasteiger partial charge in [0.15, 0.2) is 11.3 Å². The molecule has 3 aromatic heterocycles. The number of amides is 1. The molecule has 0 aliphatic carbocycles. The SMILES string of the molecule is Cc1ccc2oc(C(=O)N3CCNCC3c3nccn3C)cc2n1.Cl.Cl. The van der Waals surface area contributed by atoms with Crippen LogP contribution in [0.5, 0.6) is 0 Å². The van der Waals surface area contributed by atoms with Gasteiger partial charge in [0.05, 0.1) is 0 Å². The van der Waals surface area contributed by atoms with Crippen molar-refractivity contribution in [2.45, 2.75) is 13.0 Å². The molecule has 1 atom stereocenters. The van der Waals surface area contributed by atoms with Crippen molar-refractivity contribution in [2.75, 3.05) is 19.6 Å². The number of carbonyl (C=O) groups excluding carboxylic acids is 1. The van der Waals surface area contributed by atoms with Crippen LogP contribution < -0.4 is 5.32 Å². The van der Waals surface area contributed by atoms with Crippen molar-refractivity contribution in [2.24, 2.45) is 7.05 Å². The highest BCUT2D eigenvalue weighted by Crippen LogP contribution is 2.25. The van der Waals surface area contributed by atoms with Crippen LogP contribution in [-0.4, -0.2) is 45.0 Å². The molecule has 0 saturated carbocycles. The third-order valence-corrected chi connectivity index (χ3v) is 4.38. The van der Waals surface area contributed by atoms with Gasteiger partial charge in [-0.2, -0.15) is 0 Å². The molecule has 26 heavy (non-hydrogen) atoms. The summed E-state index contributed by atoms with van der Waals surface area (Å²) in [5.41, 5.74) is 2.24. The molecule has 1 fully saturated rings. The molecule has 0 bridgehead atoms. The Morgan fingerprint density at radius 2 is 2.15 bits per heavy atom. The largest absolute Gasteiger partial charge is 0.449 e. The second-order valence-electron chi connectivity index (χ2n) is 6.06. The average molecular weight is 398 g/mol. The summed E-state index contributed by atoms with van der Waals surface area (Å²) in [7, 11) is 1.94. The first-order valence-corrected chi connectivity index (χ1v) is 7.99. The number of carbonyl (C=O) groups is 1. The van der Waals surface area contributed by atoms with Gasteiger partial charge in [0.1, 0.15) is 17.4 Å². The Labute approximate surface area is 163 Å². The number of furan rings is 1. The number of aryl methyl sites for hydroxylation is 2. The lowest BCUT2D eigenvalue weighted by Crippen LogP contribution is -2.49. The Morgan fingerprint density at radius 1 is 1.35 bits per heavy atom. The summed E-state index contributed by atoms with van der Waals surface area (Å²) in [6.07, 6.45) is 3.64. The van der Waals surface area contributed by atoms with E-state index in [9.17, 15) is 4.79 Å². The van der Waals surface area contributed by atoms with Crippen molar-refractivity contribution in [3.05, 3.63) is 47.9 Å². The van der Waals surface area contributed by atoms with Crippen molar-refractivity contribution in [1.29, 1.82) is 0 Å². The van der Waals surface area contributed by atoms with Gasteiger partial charge in [0.25, 0.3) is 5.91 Å². The number of rotatable bonds is 2. The van der Waals surface area contributed by atoms with Gasteiger partial charge in [-0.05, 0) is 19.1 Å². The second-order valence-corrected chi connectivity index (χ2v) is 6.06. The number of fused-ring (bicyclic) bond motifs is 1. The van der Waals surface area contributed by atoms with Gasteiger partial charge < -0.3 is 19.2 Å². The Morgan fingerprint density at radius 3 is 2.88 bits per heavy atom. The van der Waals surface area contributed by atoms with Crippen LogP contribution in [0.25, 0.3) is 11.1 Å². The molecule has 9 heteroatoms. The fraction of sp³-hybridized carbons (Fsp3) is 0.353. The summed E-state index contributed by atoms with van der Waals surface area (Å²) in [6, 6.07) is 5.33. The van der Waals surface area contributed by atoms with Gasteiger partial charge in [0, 0.05) is 50.8 Å². The van der Waals surface area contributed by atoms with E-state index in [-0.39, 0.29) is 36.8 Å². The summed E-state index contributed by atoms with van der Waals surface area (Å²) in [6.45, 7) is 3.96. The van der Waals surface area contributed by atoms with E-state index in [1.54, 1.807) is 12.3 Å². The zero-order chi connectivity index (χ0) is 16.7. The molecule has 1 unspecified atom stereocenters. The Kier molecular flexibility index (Phi) is 6.28. The molecule has 1 amide bonds. The fourth-order valence-corrected chi connectivity index (χ4v) is 3.15. The van der Waals surface area contributed by atoms with Crippen molar-refractivity contribution in [3.63, 3.8) is 0 Å². The summed E-state index contributed by atoms with van der Waals surface area (Å²) in [5.74, 6) is 1.06. The predicted octanol–water partition coefficient (Wildman–Crippen LogP) is 2.50. The van der Waals surface area contributed by atoms with Crippen LogP contribution in [0, 0.1) is 6.92 Å². The maximum Gasteiger partial charge on any atom is 0.290 e. The fourth-order valence-electron chi connectivity index (χ4n) is 3.15. The van der Waals surface area contributed by atoms with Crippen LogP contribution in [0.2, 0.25) is 0 Å². The zero-order valence-corrected chi connectivity index (χ0v) is 16.1. The summed E-state index contributed by atoms with van der Waals surface area (Å²) >= 11 is 0. The Bertz CT molecular complexity index is 908. The van der Waals surface area contributed by atoms with Gasteiger partial charge in [-0.25, -0.2) is 9.97 Å². The van der Waals surface area contributed by atoms with Crippen LogP contribution in [-0.2, 0) is 7.05 Å². The molecule has 7 nitrogen and oxygen atoms in total. The maximum atomic E-state index is 13.0. The number of nitrogens with zero attached hydrogens (tertiary/aromatic N) is 4. The molecule has 1 N–H and O–H groups in total. The number of hydrogen-bond donors (Lipinski definition) is 1. The van der Waals surface area contributed by atoms with E-state index in [1.807, 2.05) is 41.8 Å². The molecule has 4 rings (SSSR count). The highest BCUT2D eigenvalue weighted by molar-refractivity contribution is 5.95. The van der Waals surface area contributed by atoms with E-state index in [4.69, 9.17) is 4.42 Å². The van der Waals surface area contributed by atoms with Gasteiger partial charge in [-0.1, -0.05) is 0 Å². The molecular formula is C17H21Cl2N5O2. The maximum absolute atomic E-state index is 13.0. The summed E-state index contributed by atoms with van der Waals surface area (Å²) < 4.78 is 7.68. The Balaban J connectivity index is 0.00000121. The van der Waals surface area contributed by atoms with Crippen LogP contribution in [0.1, 0.15) is 28.1 Å². The highest BCUT2D eigenvalue weighted by Gasteiger charge is 2.32. The van der Waals surface area contributed by atoms with E-state index >= 15 is 0 Å². The van der Waals surface area contributed by atoms with Crippen molar-refractivity contribution in [1.82, 2.24) is 24.8 Å². The van der Waals surface area contributed by atoms with Crippen molar-refractivity contribution >= 4 is 41.8 Å². The van der Waals surface area contributed by atoms with Crippen molar-refractivity contribution < 1.29 is 9.21 Å². The normalized spacial score (nSPS) is 16.8. The first-order chi connectivity index (χ1) is 11.6. The molecule has 0 radical (unpaired) electrons. The average Bonchev–Trinajstić information content (AvgIpc) is 3.19. The van der Waals surface area contributed by atoms with Gasteiger partial charge >= 0.3 is 0 Å². The molecule has 4 heterocycles. The third-order valence-electron chi connectivity index (χ3n) is 4.38. The number of imidazole rings is 1. The first kappa shape index (κ1) is 20.2. The molecule has 0 aromatic carbocycles. The van der Waals surface area contributed by atoms with E-state index in [1.165, 1.54) is 0 Å². The quantitative estimate of drug-likeness (QED) is 0.718. The smallest absolute Gasteiger partial charge is 0.290 e. The molecule has 1 aliphatic heterocycles. The van der Waals surface area contributed by atoms with Crippen LogP contribution >= 0.6 is 24.8 Å². The lowest BCUT2D eigenvalue weighted by Gasteiger charge is -2.35. The number of halogens is 2. The molecule has 1 saturated heterocycles. The van der Waals surface area contributed by atoms with Gasteiger partial charge in [-0.15, -0.1) is 24.8 Å². The lowest BCUT2D eigenvalue weighted by molar-refractivity contribution is 0.0590. The minimum absolute atomic E-state index is 0. The van der Waals surface area contributed by atoms with E-state index in [2.05, 4.69) is 15.3 Å². The predicted molar refractivity (Wildman–Crippen MR) is 103 cm³/mol. The second kappa shape index (κ2) is 8.07. The van der Waals surface area contributed by atoms with Crippen LogP contribution in [0.15, 0.2) is 35.0 Å². The molecule has 3 aromatic rings. The number of aromatic nitrogens is 3. The zero-order valence-electron chi connectivity index (χ0n) is 14.5. The number of hydrogen-bond acceptors (Lipinski definition) is 5. The topological polar surface area (TPSA) is 76.2 Å². The first-order valence-electron chi connectivity index (χ1n) is 7.99. The molecule has 1 aliphatic rings. The standard InChI is InChI=1S/C17H19N5O2.2ClH/c1-11-3-4-14-12(20-11)9-15(24-14)17(23)22-8-5-18-10-13(22)16-19-6-7-21(16)2;;/h3-4,6-7,9,13,18H,5,8,10H2,1-2H3;2*1H. The van der Waals surface area contributed by atoms with E-state index in [0.717, 1.165) is 18.1 Å². The third kappa shape index (κ3) is 3.56. The van der Waals surface area contributed by atoms with Crippen LogP contribution in [0.3, 0.4) is 0 Å². The monoisotopic (exact) mass is 397 g/mol. The molecule has 140 valence electrons. The highest BCUT2D eigenvalue weighted by atomic mass is 35.5. The summed E-state index contributed by atoms with van der Waals surface area (Å²) in [5, 5.41) is 3.33. The minimum Gasteiger partial charge on any atom is -0.449 e. The van der Waals surface area contributed by atoms with E-state index < -0.39 is 0 Å². The van der Waals surface area contributed by atoms with E-state index in [0.29, 0.717) is 29.9 Å². The van der Waals surface area contributed by atoms with Gasteiger partial charge in [0.2, 0.25) is 0 Å². The number of piperazine rings is 1. The molecule has 0 spiro atoms. The van der Waals surface area contributed by atoms with Crippen molar-refractivity contribution in [3.8, 4) is 0 Å². The summed E-state index contributed by atoms with van der Waals surface area (Å²) in [4.78, 5) is 23.7. The Hall–Kier alpha value is -2.09. The lowest BCUT2D eigenvalue weighted by atomic mass is 10.1. The van der Waals surface area contributed by atoms with Crippen LogP contribution in [0.4, 0.5) is 0 Å². The number of pyridine rings is 1. The molecular weight excluding hydrogens is 377 g/mol. The number of nitrogens with one attached hydrogen (secondary N) is 1. The van der Waals surface area contributed by atoms with Gasteiger partial charge in [-0.3, -0.25) is 4.79 Å².